The van der Waals surface area contributed by atoms with Gasteiger partial charge in [-0.05, 0) is 87.3 Å². The highest BCUT2D eigenvalue weighted by molar-refractivity contribution is 5.15. The quantitative estimate of drug-likeness (QED) is 0.662. The number of hydrogen-bond acceptors (Lipinski definition) is 3. The molecular weight excluding hydrogens is 334 g/mol. The fourth-order valence-corrected chi connectivity index (χ4v) is 5.86. The molecule has 3 nitrogen and oxygen atoms in total. The number of nitrogens with zero attached hydrogens (tertiary/aromatic N) is 1. The molecule has 2 aliphatic carbocycles. The van der Waals surface area contributed by atoms with Crippen LogP contribution in [0.3, 0.4) is 0 Å². The fourth-order valence-electron chi connectivity index (χ4n) is 5.86. The maximum absolute atomic E-state index is 10.3. The molecule has 3 aliphatic rings. The van der Waals surface area contributed by atoms with Gasteiger partial charge >= 0.3 is 0 Å². The van der Waals surface area contributed by atoms with Crippen LogP contribution < -0.4 is 0 Å². The molecule has 4 unspecified atom stereocenters. The molecule has 1 aromatic rings. The summed E-state index contributed by atoms with van der Waals surface area (Å²) in [6.45, 7) is 4.33. The number of β-amino-alcohol motifs (C(OH)–C–C–N with tert-alkyl or cyclic N) is 1. The number of benzene rings is 1. The molecule has 1 aromatic carbocycles. The maximum Gasteiger partial charge on any atom is 0.0900 e. The minimum atomic E-state index is -0.337. The number of aliphatic hydroxyl groups is 1. The smallest absolute Gasteiger partial charge is 0.0900 e. The van der Waals surface area contributed by atoms with Crippen LogP contribution in [0.1, 0.15) is 50.5 Å². The summed E-state index contributed by atoms with van der Waals surface area (Å²) >= 11 is 0. The number of hydrogen-bond donors (Lipinski definition) is 1. The lowest BCUT2D eigenvalue weighted by molar-refractivity contribution is 0.00547. The van der Waals surface area contributed by atoms with Crippen LogP contribution in [0.5, 0.6) is 0 Å². The molecule has 2 bridgehead atoms. The van der Waals surface area contributed by atoms with Gasteiger partial charge in [0, 0.05) is 13.2 Å². The minimum Gasteiger partial charge on any atom is -0.389 e. The molecule has 27 heavy (non-hydrogen) atoms. The van der Waals surface area contributed by atoms with Gasteiger partial charge in [0.2, 0.25) is 0 Å². The van der Waals surface area contributed by atoms with Gasteiger partial charge in [0.25, 0.3) is 0 Å². The summed E-state index contributed by atoms with van der Waals surface area (Å²) in [4.78, 5) is 2.42. The van der Waals surface area contributed by atoms with Gasteiger partial charge in [-0.1, -0.05) is 36.8 Å². The fraction of sp³-hybridized carbons (Fsp3) is 0.750. The number of rotatable bonds is 9. The molecular formula is C24H37NO2. The average molecular weight is 372 g/mol. The first-order valence-corrected chi connectivity index (χ1v) is 11.3. The number of aliphatic hydroxyl groups excluding tert-OH is 1. The summed E-state index contributed by atoms with van der Waals surface area (Å²) in [6.07, 6.45) is 10.4. The van der Waals surface area contributed by atoms with Gasteiger partial charge in [-0.15, -0.1) is 0 Å². The predicted molar refractivity (Wildman–Crippen MR) is 110 cm³/mol. The normalized spacial score (nSPS) is 30.0. The third-order valence-electron chi connectivity index (χ3n) is 7.37. The number of piperidine rings is 1. The molecule has 4 rings (SSSR count). The van der Waals surface area contributed by atoms with E-state index >= 15 is 0 Å². The second-order valence-corrected chi connectivity index (χ2v) is 9.39. The van der Waals surface area contributed by atoms with Crippen molar-refractivity contribution in [3.8, 4) is 0 Å². The SMILES string of the molecule is OC(COCCC1CC2CCC1C2)CN1CCC(Cc2ccccc2)CC1. The van der Waals surface area contributed by atoms with E-state index in [0.717, 1.165) is 49.9 Å². The van der Waals surface area contributed by atoms with Crippen LogP contribution in [0.25, 0.3) is 0 Å². The Hall–Kier alpha value is -0.900. The van der Waals surface area contributed by atoms with Crippen molar-refractivity contribution in [1.82, 2.24) is 4.90 Å². The Morgan fingerprint density at radius 3 is 2.56 bits per heavy atom. The van der Waals surface area contributed by atoms with Gasteiger partial charge in [0.1, 0.15) is 0 Å². The van der Waals surface area contributed by atoms with Crippen molar-refractivity contribution in [3.63, 3.8) is 0 Å². The largest absolute Gasteiger partial charge is 0.389 e. The van der Waals surface area contributed by atoms with Crippen molar-refractivity contribution in [2.24, 2.45) is 23.7 Å². The van der Waals surface area contributed by atoms with E-state index in [9.17, 15) is 5.11 Å². The Morgan fingerprint density at radius 2 is 1.85 bits per heavy atom. The number of likely N-dealkylation sites (tertiary alicyclic amines) is 1. The Bertz CT molecular complexity index is 555. The summed E-state index contributed by atoms with van der Waals surface area (Å²) in [6, 6.07) is 10.8. The van der Waals surface area contributed by atoms with Crippen LogP contribution >= 0.6 is 0 Å². The minimum absolute atomic E-state index is 0.337. The monoisotopic (exact) mass is 371 g/mol. The van der Waals surface area contributed by atoms with E-state index in [1.54, 1.807) is 0 Å². The topological polar surface area (TPSA) is 32.7 Å². The van der Waals surface area contributed by atoms with E-state index in [1.165, 1.54) is 56.9 Å². The van der Waals surface area contributed by atoms with E-state index in [1.807, 2.05) is 0 Å². The third kappa shape index (κ3) is 5.56. The molecule has 0 radical (unpaired) electrons. The lowest BCUT2D eigenvalue weighted by atomic mass is 9.87. The van der Waals surface area contributed by atoms with Gasteiger partial charge in [-0.25, -0.2) is 0 Å². The molecule has 3 heteroatoms. The van der Waals surface area contributed by atoms with Crippen molar-refractivity contribution in [2.75, 3.05) is 32.8 Å². The molecule has 0 amide bonds. The molecule has 1 heterocycles. The Balaban J connectivity index is 1.06. The Labute approximate surface area is 165 Å². The van der Waals surface area contributed by atoms with E-state index in [4.69, 9.17) is 4.74 Å². The highest BCUT2D eigenvalue weighted by Crippen LogP contribution is 2.49. The van der Waals surface area contributed by atoms with E-state index in [0.29, 0.717) is 6.61 Å². The van der Waals surface area contributed by atoms with Gasteiger partial charge in [0.05, 0.1) is 12.7 Å². The Morgan fingerprint density at radius 1 is 1.04 bits per heavy atom. The van der Waals surface area contributed by atoms with Crippen molar-refractivity contribution in [3.05, 3.63) is 35.9 Å². The third-order valence-corrected chi connectivity index (χ3v) is 7.37. The predicted octanol–water partition coefficient (Wildman–Crippen LogP) is 4.14. The van der Waals surface area contributed by atoms with Crippen molar-refractivity contribution in [2.45, 2.75) is 57.5 Å². The summed E-state index contributed by atoms with van der Waals surface area (Å²) in [5.41, 5.74) is 1.46. The second-order valence-electron chi connectivity index (χ2n) is 9.39. The zero-order chi connectivity index (χ0) is 18.5. The molecule has 0 spiro atoms. The highest BCUT2D eigenvalue weighted by atomic mass is 16.5. The zero-order valence-corrected chi connectivity index (χ0v) is 16.8. The first-order chi connectivity index (χ1) is 13.3. The van der Waals surface area contributed by atoms with E-state index < -0.39 is 0 Å². The van der Waals surface area contributed by atoms with Crippen LogP contribution in [0, 0.1) is 23.7 Å². The zero-order valence-electron chi connectivity index (χ0n) is 16.8. The molecule has 3 fully saturated rings. The molecule has 1 N–H and O–H groups in total. The van der Waals surface area contributed by atoms with Gasteiger partial charge in [-0.2, -0.15) is 0 Å². The highest BCUT2D eigenvalue weighted by Gasteiger charge is 2.38. The van der Waals surface area contributed by atoms with E-state index in [-0.39, 0.29) is 6.10 Å². The summed E-state index contributed by atoms with van der Waals surface area (Å²) in [7, 11) is 0. The van der Waals surface area contributed by atoms with Crippen LogP contribution in [0.2, 0.25) is 0 Å². The van der Waals surface area contributed by atoms with Gasteiger partial charge in [0.15, 0.2) is 0 Å². The van der Waals surface area contributed by atoms with Gasteiger partial charge in [-0.3, -0.25) is 0 Å². The van der Waals surface area contributed by atoms with Crippen LogP contribution in [0.15, 0.2) is 30.3 Å². The molecule has 4 atom stereocenters. The molecule has 0 aromatic heterocycles. The number of fused-ring (bicyclic) bond motifs is 2. The second kappa shape index (κ2) is 9.54. The van der Waals surface area contributed by atoms with Crippen molar-refractivity contribution >= 4 is 0 Å². The van der Waals surface area contributed by atoms with Gasteiger partial charge < -0.3 is 14.7 Å². The summed E-state index contributed by atoms with van der Waals surface area (Å²) in [5.74, 6) is 3.71. The molecule has 2 saturated carbocycles. The molecule has 1 saturated heterocycles. The molecule has 150 valence electrons. The van der Waals surface area contributed by atoms with Crippen LogP contribution in [-0.4, -0.2) is 49.0 Å². The summed E-state index contributed by atoms with van der Waals surface area (Å²) in [5, 5.41) is 10.3. The maximum atomic E-state index is 10.3. The standard InChI is InChI=1S/C24H37NO2/c26-24(18-27-13-10-23-16-21-6-7-22(23)15-21)17-25-11-8-20(9-12-25)14-19-4-2-1-3-5-19/h1-5,20-24,26H,6-18H2. The summed E-state index contributed by atoms with van der Waals surface area (Å²) < 4.78 is 5.83. The van der Waals surface area contributed by atoms with Crippen molar-refractivity contribution < 1.29 is 9.84 Å². The average Bonchev–Trinajstić information content (AvgIpc) is 3.31. The first kappa shape index (κ1) is 19.4. The van der Waals surface area contributed by atoms with E-state index in [2.05, 4.69) is 35.2 Å². The Kier molecular flexibility index (Phi) is 6.86. The van der Waals surface area contributed by atoms with Crippen molar-refractivity contribution in [1.29, 1.82) is 0 Å². The molecule has 1 aliphatic heterocycles. The first-order valence-electron chi connectivity index (χ1n) is 11.3. The number of ether oxygens (including phenoxy) is 1. The lowest BCUT2D eigenvalue weighted by Crippen LogP contribution is -2.40. The lowest BCUT2D eigenvalue weighted by Gasteiger charge is -2.33. The van der Waals surface area contributed by atoms with Crippen LogP contribution in [0.4, 0.5) is 0 Å². The van der Waals surface area contributed by atoms with Crippen LogP contribution in [-0.2, 0) is 11.2 Å².